The zero-order valence-electron chi connectivity index (χ0n) is 14.4. The van der Waals surface area contributed by atoms with Crippen LogP contribution in [0.3, 0.4) is 0 Å². The molecule has 4 aromatic rings. The van der Waals surface area contributed by atoms with Crippen molar-refractivity contribution in [1.29, 1.82) is 0 Å². The minimum atomic E-state index is -0.207. The molecule has 0 aliphatic rings. The van der Waals surface area contributed by atoms with Crippen LogP contribution in [0.2, 0.25) is 0 Å². The Kier molecular flexibility index (Phi) is 4.53. The molecule has 0 unspecified atom stereocenters. The first-order valence-corrected chi connectivity index (χ1v) is 10.0. The number of carbonyl (C=O) groups is 1. The molecule has 3 aromatic heterocycles. The lowest BCUT2D eigenvalue weighted by molar-refractivity contribution is 0.0959. The summed E-state index contributed by atoms with van der Waals surface area (Å²) in [6, 6.07) is 12.6. The van der Waals surface area contributed by atoms with Gasteiger partial charge in [-0.15, -0.1) is 16.4 Å². The normalized spacial score (nSPS) is 11.0. The zero-order chi connectivity index (χ0) is 18.1. The molecule has 0 saturated carbocycles. The van der Waals surface area contributed by atoms with Gasteiger partial charge in [-0.25, -0.2) is 0 Å². The van der Waals surface area contributed by atoms with Gasteiger partial charge in [-0.3, -0.25) is 4.79 Å². The van der Waals surface area contributed by atoms with Gasteiger partial charge in [0.05, 0.1) is 10.4 Å². The van der Waals surface area contributed by atoms with E-state index in [0.29, 0.717) is 12.1 Å². The van der Waals surface area contributed by atoms with E-state index < -0.39 is 0 Å². The number of nitrogens with one attached hydrogen (secondary N) is 1. The standard InChI is InChI=1S/C20H17N3OS2/c1-12-3-5-14(6-4-12)17-10-15-16(9-13-7-8-25-11-13)22-23-18(19(15)26-17)20(24)21-2/h3-8,10-11H,9H2,1-2H3,(H,21,24). The van der Waals surface area contributed by atoms with Crippen LogP contribution in [0, 0.1) is 6.92 Å². The molecule has 0 fully saturated rings. The number of hydrogen-bond donors (Lipinski definition) is 1. The van der Waals surface area contributed by atoms with Crippen LogP contribution in [-0.2, 0) is 6.42 Å². The van der Waals surface area contributed by atoms with Crippen LogP contribution in [0.1, 0.15) is 27.3 Å². The SMILES string of the molecule is CNC(=O)c1nnc(Cc2ccsc2)c2cc(-c3ccc(C)cc3)sc12. The number of amides is 1. The van der Waals surface area contributed by atoms with Crippen molar-refractivity contribution in [2.75, 3.05) is 7.05 Å². The van der Waals surface area contributed by atoms with Crippen LogP contribution < -0.4 is 5.32 Å². The van der Waals surface area contributed by atoms with Gasteiger partial charge < -0.3 is 5.32 Å². The second kappa shape index (κ2) is 6.97. The highest BCUT2D eigenvalue weighted by Gasteiger charge is 2.18. The number of nitrogens with zero attached hydrogens (tertiary/aromatic N) is 2. The summed E-state index contributed by atoms with van der Waals surface area (Å²) >= 11 is 3.26. The molecule has 0 aliphatic heterocycles. The molecule has 0 aliphatic carbocycles. The molecule has 0 radical (unpaired) electrons. The number of benzene rings is 1. The van der Waals surface area contributed by atoms with Crippen LogP contribution in [0.5, 0.6) is 0 Å². The van der Waals surface area contributed by atoms with Crippen LogP contribution in [0.4, 0.5) is 0 Å². The van der Waals surface area contributed by atoms with Crippen molar-refractivity contribution in [1.82, 2.24) is 15.5 Å². The van der Waals surface area contributed by atoms with E-state index in [1.165, 1.54) is 11.1 Å². The maximum absolute atomic E-state index is 12.2. The molecule has 4 rings (SSSR count). The molecule has 4 nitrogen and oxygen atoms in total. The molecule has 3 heterocycles. The van der Waals surface area contributed by atoms with Crippen LogP contribution in [0.25, 0.3) is 20.5 Å². The van der Waals surface area contributed by atoms with Crippen molar-refractivity contribution < 1.29 is 4.79 Å². The van der Waals surface area contributed by atoms with Crippen LogP contribution >= 0.6 is 22.7 Å². The minimum absolute atomic E-state index is 0.207. The quantitative estimate of drug-likeness (QED) is 0.560. The summed E-state index contributed by atoms with van der Waals surface area (Å²) in [7, 11) is 1.61. The zero-order valence-corrected chi connectivity index (χ0v) is 16.1. The number of thiophene rings is 2. The van der Waals surface area contributed by atoms with E-state index in [2.05, 4.69) is 69.6 Å². The Morgan fingerprint density at radius 1 is 1.15 bits per heavy atom. The van der Waals surface area contributed by atoms with E-state index in [0.717, 1.165) is 26.2 Å². The molecule has 26 heavy (non-hydrogen) atoms. The van der Waals surface area contributed by atoms with Gasteiger partial charge in [-0.1, -0.05) is 29.8 Å². The van der Waals surface area contributed by atoms with Crippen LogP contribution in [-0.4, -0.2) is 23.2 Å². The summed E-state index contributed by atoms with van der Waals surface area (Å²) in [4.78, 5) is 13.4. The first-order chi connectivity index (χ1) is 12.7. The lowest BCUT2D eigenvalue weighted by atomic mass is 10.1. The van der Waals surface area contributed by atoms with E-state index >= 15 is 0 Å². The van der Waals surface area contributed by atoms with Crippen molar-refractivity contribution >= 4 is 38.7 Å². The third kappa shape index (κ3) is 3.13. The Bertz CT molecular complexity index is 1070. The minimum Gasteiger partial charge on any atom is -0.354 e. The van der Waals surface area contributed by atoms with E-state index in [1.54, 1.807) is 29.7 Å². The molecule has 130 valence electrons. The predicted molar refractivity (Wildman–Crippen MR) is 108 cm³/mol. The summed E-state index contributed by atoms with van der Waals surface area (Å²) in [5.41, 5.74) is 4.87. The van der Waals surface area contributed by atoms with Gasteiger partial charge >= 0.3 is 0 Å². The number of carbonyl (C=O) groups excluding carboxylic acids is 1. The van der Waals surface area contributed by atoms with Gasteiger partial charge in [0.15, 0.2) is 5.69 Å². The summed E-state index contributed by atoms with van der Waals surface area (Å²) < 4.78 is 0.889. The number of aryl methyl sites for hydroxylation is 1. The smallest absolute Gasteiger partial charge is 0.273 e. The lowest BCUT2D eigenvalue weighted by Gasteiger charge is -2.04. The Hall–Kier alpha value is -2.57. The highest BCUT2D eigenvalue weighted by molar-refractivity contribution is 7.22. The van der Waals surface area contributed by atoms with E-state index in [1.807, 2.05) is 0 Å². The average Bonchev–Trinajstić information content (AvgIpc) is 3.32. The summed E-state index contributed by atoms with van der Waals surface area (Å²) in [5.74, 6) is -0.207. The van der Waals surface area contributed by atoms with Crippen LogP contribution in [0.15, 0.2) is 47.2 Å². The molecule has 1 N–H and O–H groups in total. The van der Waals surface area contributed by atoms with Gasteiger partial charge in [0.25, 0.3) is 5.91 Å². The second-order valence-electron chi connectivity index (χ2n) is 6.10. The Balaban J connectivity index is 1.88. The monoisotopic (exact) mass is 379 g/mol. The third-order valence-electron chi connectivity index (χ3n) is 4.26. The van der Waals surface area contributed by atoms with Gasteiger partial charge in [-0.2, -0.15) is 16.4 Å². The maximum atomic E-state index is 12.2. The summed E-state index contributed by atoms with van der Waals surface area (Å²) in [6.45, 7) is 2.07. The van der Waals surface area contributed by atoms with Crippen molar-refractivity contribution in [3.8, 4) is 10.4 Å². The van der Waals surface area contributed by atoms with Crippen molar-refractivity contribution in [2.45, 2.75) is 13.3 Å². The highest BCUT2D eigenvalue weighted by atomic mass is 32.1. The third-order valence-corrected chi connectivity index (χ3v) is 6.18. The molecule has 0 bridgehead atoms. The molecule has 1 amide bonds. The first kappa shape index (κ1) is 16.9. The van der Waals surface area contributed by atoms with Crippen molar-refractivity contribution in [3.63, 3.8) is 0 Å². The summed E-state index contributed by atoms with van der Waals surface area (Å²) in [6.07, 6.45) is 0.713. The Labute approximate surface area is 159 Å². The molecular weight excluding hydrogens is 362 g/mol. The topological polar surface area (TPSA) is 54.9 Å². The Morgan fingerprint density at radius 3 is 2.65 bits per heavy atom. The average molecular weight is 380 g/mol. The number of fused-ring (bicyclic) bond motifs is 1. The van der Waals surface area contributed by atoms with Crippen molar-refractivity contribution in [3.05, 3.63) is 69.7 Å². The summed E-state index contributed by atoms with van der Waals surface area (Å²) in [5, 5.41) is 16.4. The fourth-order valence-electron chi connectivity index (χ4n) is 2.84. The molecule has 1 aromatic carbocycles. The van der Waals surface area contributed by atoms with Crippen molar-refractivity contribution in [2.24, 2.45) is 0 Å². The fraction of sp³-hybridized carbons (Fsp3) is 0.150. The largest absolute Gasteiger partial charge is 0.354 e. The highest BCUT2D eigenvalue weighted by Crippen LogP contribution is 2.36. The number of aromatic nitrogens is 2. The van der Waals surface area contributed by atoms with Gasteiger partial charge in [-0.05, 0) is 40.9 Å². The molecule has 0 spiro atoms. The molecular formula is C20H17N3OS2. The van der Waals surface area contributed by atoms with E-state index in [-0.39, 0.29) is 5.91 Å². The maximum Gasteiger partial charge on any atom is 0.273 e. The second-order valence-corrected chi connectivity index (χ2v) is 7.93. The molecule has 0 atom stereocenters. The van der Waals surface area contributed by atoms with Gasteiger partial charge in [0.1, 0.15) is 0 Å². The van der Waals surface area contributed by atoms with Gasteiger partial charge in [0.2, 0.25) is 0 Å². The van der Waals surface area contributed by atoms with E-state index in [9.17, 15) is 4.79 Å². The molecule has 0 saturated heterocycles. The van der Waals surface area contributed by atoms with E-state index in [4.69, 9.17) is 0 Å². The number of hydrogen-bond acceptors (Lipinski definition) is 5. The molecule has 6 heteroatoms. The fourth-order valence-corrected chi connectivity index (χ4v) is 4.67. The number of rotatable bonds is 4. The van der Waals surface area contributed by atoms with Gasteiger partial charge in [0, 0.05) is 23.7 Å². The first-order valence-electron chi connectivity index (χ1n) is 8.25. The Morgan fingerprint density at radius 2 is 1.96 bits per heavy atom. The lowest BCUT2D eigenvalue weighted by Crippen LogP contribution is -2.20. The predicted octanol–water partition coefficient (Wildman–Crippen LogP) is 4.68.